The molecule has 0 saturated carbocycles. The fourth-order valence-corrected chi connectivity index (χ4v) is 2.40. The van der Waals surface area contributed by atoms with E-state index in [1.807, 2.05) is 0 Å². The zero-order valence-electron chi connectivity index (χ0n) is 10.4. The van der Waals surface area contributed by atoms with Gasteiger partial charge in [-0.25, -0.2) is 0 Å². The Hall–Kier alpha value is -0.550. The SMILES string of the molecule is CC(C)(C)C1CCN(CCCC#N)CC1. The molecule has 0 aromatic heterocycles. The van der Waals surface area contributed by atoms with E-state index in [0.29, 0.717) is 11.8 Å². The lowest BCUT2D eigenvalue weighted by Gasteiger charge is -2.38. The lowest BCUT2D eigenvalue weighted by atomic mass is 9.75. The normalized spacial score (nSPS) is 20.1. The van der Waals surface area contributed by atoms with Crippen molar-refractivity contribution in [1.82, 2.24) is 4.90 Å². The summed E-state index contributed by atoms with van der Waals surface area (Å²) in [5.74, 6) is 0.879. The Morgan fingerprint density at radius 2 is 1.87 bits per heavy atom. The van der Waals surface area contributed by atoms with Crippen molar-refractivity contribution < 1.29 is 0 Å². The number of nitriles is 1. The van der Waals surface area contributed by atoms with Gasteiger partial charge in [-0.15, -0.1) is 0 Å². The Morgan fingerprint density at radius 3 is 2.33 bits per heavy atom. The van der Waals surface area contributed by atoms with E-state index in [4.69, 9.17) is 5.26 Å². The monoisotopic (exact) mass is 208 g/mol. The highest BCUT2D eigenvalue weighted by molar-refractivity contribution is 4.81. The van der Waals surface area contributed by atoms with E-state index in [1.54, 1.807) is 0 Å². The molecule has 0 radical (unpaired) electrons. The molecule has 0 N–H and O–H groups in total. The van der Waals surface area contributed by atoms with Gasteiger partial charge in [-0.1, -0.05) is 20.8 Å². The summed E-state index contributed by atoms with van der Waals surface area (Å²) < 4.78 is 0. The molecular weight excluding hydrogens is 184 g/mol. The molecule has 1 saturated heterocycles. The molecule has 15 heavy (non-hydrogen) atoms. The second-order valence-corrected chi connectivity index (χ2v) is 5.74. The van der Waals surface area contributed by atoms with Gasteiger partial charge < -0.3 is 4.90 Å². The van der Waals surface area contributed by atoms with Gasteiger partial charge in [0.1, 0.15) is 0 Å². The molecule has 0 bridgehead atoms. The van der Waals surface area contributed by atoms with Crippen LogP contribution < -0.4 is 0 Å². The Labute approximate surface area is 94.3 Å². The second kappa shape index (κ2) is 5.51. The van der Waals surface area contributed by atoms with E-state index in [0.717, 1.165) is 18.9 Å². The van der Waals surface area contributed by atoms with E-state index >= 15 is 0 Å². The van der Waals surface area contributed by atoms with Crippen LogP contribution in [0.1, 0.15) is 46.5 Å². The van der Waals surface area contributed by atoms with E-state index in [1.165, 1.54) is 25.9 Å². The molecule has 86 valence electrons. The zero-order chi connectivity index (χ0) is 11.3. The van der Waals surface area contributed by atoms with E-state index < -0.39 is 0 Å². The van der Waals surface area contributed by atoms with Crippen molar-refractivity contribution in [3.63, 3.8) is 0 Å². The summed E-state index contributed by atoms with van der Waals surface area (Å²) in [6.07, 6.45) is 4.40. The number of unbranched alkanes of at least 4 members (excludes halogenated alkanes) is 1. The molecule has 0 spiro atoms. The summed E-state index contributed by atoms with van der Waals surface area (Å²) in [5.41, 5.74) is 0.471. The van der Waals surface area contributed by atoms with Crippen LogP contribution in [0.2, 0.25) is 0 Å². The molecule has 1 aliphatic heterocycles. The van der Waals surface area contributed by atoms with Crippen LogP contribution in [0.4, 0.5) is 0 Å². The summed E-state index contributed by atoms with van der Waals surface area (Å²) in [4.78, 5) is 2.51. The Kier molecular flexibility index (Phi) is 4.60. The minimum atomic E-state index is 0.471. The van der Waals surface area contributed by atoms with Crippen LogP contribution in [-0.2, 0) is 0 Å². The largest absolute Gasteiger partial charge is 0.303 e. The van der Waals surface area contributed by atoms with E-state index in [-0.39, 0.29) is 0 Å². The molecule has 1 heterocycles. The molecule has 2 heteroatoms. The van der Waals surface area contributed by atoms with Crippen molar-refractivity contribution in [3.8, 4) is 6.07 Å². The standard InChI is InChI=1S/C13H24N2/c1-13(2,3)12-6-10-15(11-7-12)9-5-4-8-14/h12H,4-7,9-11H2,1-3H3. The number of rotatable bonds is 3. The minimum absolute atomic E-state index is 0.471. The molecule has 1 fully saturated rings. The zero-order valence-corrected chi connectivity index (χ0v) is 10.4. The smallest absolute Gasteiger partial charge is 0.0622 e. The molecule has 1 rings (SSSR count). The molecular formula is C13H24N2. The van der Waals surface area contributed by atoms with Gasteiger partial charge in [-0.05, 0) is 50.2 Å². The van der Waals surface area contributed by atoms with E-state index in [2.05, 4.69) is 31.7 Å². The first-order valence-corrected chi connectivity index (χ1v) is 6.13. The van der Waals surface area contributed by atoms with Crippen molar-refractivity contribution in [2.75, 3.05) is 19.6 Å². The van der Waals surface area contributed by atoms with Gasteiger partial charge in [0.25, 0.3) is 0 Å². The van der Waals surface area contributed by atoms with Gasteiger partial charge in [0, 0.05) is 6.42 Å². The third-order valence-electron chi connectivity index (χ3n) is 3.58. The van der Waals surface area contributed by atoms with Crippen LogP contribution in [0.15, 0.2) is 0 Å². The average Bonchev–Trinajstić information content (AvgIpc) is 2.18. The third-order valence-corrected chi connectivity index (χ3v) is 3.58. The van der Waals surface area contributed by atoms with Crippen LogP contribution in [0, 0.1) is 22.7 Å². The maximum absolute atomic E-state index is 8.48. The first-order valence-electron chi connectivity index (χ1n) is 6.13. The molecule has 2 nitrogen and oxygen atoms in total. The summed E-state index contributed by atoms with van der Waals surface area (Å²) in [6.45, 7) is 10.6. The van der Waals surface area contributed by atoms with Crippen molar-refractivity contribution >= 4 is 0 Å². The Balaban J connectivity index is 2.22. The molecule has 0 atom stereocenters. The Bertz CT molecular complexity index is 214. The van der Waals surface area contributed by atoms with Gasteiger partial charge in [0.2, 0.25) is 0 Å². The number of piperidine rings is 1. The van der Waals surface area contributed by atoms with E-state index in [9.17, 15) is 0 Å². The van der Waals surface area contributed by atoms with Crippen molar-refractivity contribution in [1.29, 1.82) is 5.26 Å². The van der Waals surface area contributed by atoms with Crippen molar-refractivity contribution in [2.45, 2.75) is 46.5 Å². The topological polar surface area (TPSA) is 27.0 Å². The Morgan fingerprint density at radius 1 is 1.27 bits per heavy atom. The molecule has 0 amide bonds. The maximum Gasteiger partial charge on any atom is 0.0622 e. The third kappa shape index (κ3) is 4.22. The molecule has 0 aromatic carbocycles. The minimum Gasteiger partial charge on any atom is -0.303 e. The van der Waals surface area contributed by atoms with Crippen LogP contribution in [0.5, 0.6) is 0 Å². The van der Waals surface area contributed by atoms with Crippen LogP contribution in [0.25, 0.3) is 0 Å². The predicted molar refractivity (Wildman–Crippen MR) is 63.5 cm³/mol. The van der Waals surface area contributed by atoms with Crippen LogP contribution in [0.3, 0.4) is 0 Å². The fraction of sp³-hybridized carbons (Fsp3) is 0.923. The predicted octanol–water partition coefficient (Wildman–Crippen LogP) is 3.05. The number of hydrogen-bond donors (Lipinski definition) is 0. The van der Waals surface area contributed by atoms with Gasteiger partial charge in [-0.2, -0.15) is 5.26 Å². The fourth-order valence-electron chi connectivity index (χ4n) is 2.40. The summed E-state index contributed by atoms with van der Waals surface area (Å²) in [6, 6.07) is 2.21. The lowest BCUT2D eigenvalue weighted by molar-refractivity contribution is 0.112. The van der Waals surface area contributed by atoms with Gasteiger partial charge in [0.15, 0.2) is 0 Å². The average molecular weight is 208 g/mol. The summed E-state index contributed by atoms with van der Waals surface area (Å²) >= 11 is 0. The molecule has 0 aliphatic carbocycles. The first kappa shape index (κ1) is 12.5. The van der Waals surface area contributed by atoms with Crippen LogP contribution in [-0.4, -0.2) is 24.5 Å². The second-order valence-electron chi connectivity index (χ2n) is 5.74. The van der Waals surface area contributed by atoms with Crippen molar-refractivity contribution in [3.05, 3.63) is 0 Å². The number of nitrogens with zero attached hydrogens (tertiary/aromatic N) is 2. The highest BCUT2D eigenvalue weighted by Crippen LogP contribution is 2.34. The molecule has 0 aromatic rings. The van der Waals surface area contributed by atoms with Gasteiger partial charge in [-0.3, -0.25) is 0 Å². The number of likely N-dealkylation sites (tertiary alicyclic amines) is 1. The van der Waals surface area contributed by atoms with Crippen molar-refractivity contribution in [2.24, 2.45) is 11.3 Å². The van der Waals surface area contributed by atoms with Gasteiger partial charge in [0.05, 0.1) is 6.07 Å². The lowest BCUT2D eigenvalue weighted by Crippen LogP contribution is -2.38. The highest BCUT2D eigenvalue weighted by atomic mass is 15.1. The summed E-state index contributed by atoms with van der Waals surface area (Å²) in [7, 11) is 0. The maximum atomic E-state index is 8.48. The number of hydrogen-bond acceptors (Lipinski definition) is 2. The first-order chi connectivity index (χ1) is 7.04. The summed E-state index contributed by atoms with van der Waals surface area (Å²) in [5, 5.41) is 8.48. The van der Waals surface area contributed by atoms with Crippen LogP contribution >= 0.6 is 0 Å². The van der Waals surface area contributed by atoms with Gasteiger partial charge >= 0.3 is 0 Å². The molecule has 1 aliphatic rings. The highest BCUT2D eigenvalue weighted by Gasteiger charge is 2.28. The quantitative estimate of drug-likeness (QED) is 0.667. The molecule has 0 unspecified atom stereocenters.